The smallest absolute Gasteiger partial charge is 0.215 e. The summed E-state index contributed by atoms with van der Waals surface area (Å²) in [6.07, 6.45) is 1.71. The number of nitrogens with two attached hydrogens (primary N) is 1. The number of hydrazine groups is 1. The number of benzene rings is 1. The summed E-state index contributed by atoms with van der Waals surface area (Å²) >= 11 is 0. The number of nitrogen functional groups attached to an aromatic ring is 1. The molecule has 1 aromatic heterocycles. The summed E-state index contributed by atoms with van der Waals surface area (Å²) in [6.45, 7) is 1.17. The molecule has 0 amide bonds. The number of nitrogens with one attached hydrogen (secondary N) is 2. The third-order valence-electron chi connectivity index (χ3n) is 2.57. The van der Waals surface area contributed by atoms with Crippen molar-refractivity contribution in [3.8, 4) is 22.8 Å². The van der Waals surface area contributed by atoms with Crippen LogP contribution < -0.4 is 20.7 Å². The molecule has 4 N–H and O–H groups in total. The van der Waals surface area contributed by atoms with E-state index in [1.165, 1.54) is 0 Å². The molecule has 0 aliphatic carbocycles. The van der Waals surface area contributed by atoms with Crippen molar-refractivity contribution in [2.75, 3.05) is 18.6 Å². The van der Waals surface area contributed by atoms with Gasteiger partial charge in [0, 0.05) is 5.56 Å². The minimum Gasteiger partial charge on any atom is -0.486 e. The lowest BCUT2D eigenvalue weighted by Crippen LogP contribution is -2.15. The van der Waals surface area contributed by atoms with Crippen LogP contribution in [0.1, 0.15) is 0 Å². The van der Waals surface area contributed by atoms with Gasteiger partial charge >= 0.3 is 0 Å². The highest BCUT2D eigenvalue weighted by atomic mass is 16.6. The second kappa shape index (κ2) is 3.99. The van der Waals surface area contributed by atoms with E-state index in [2.05, 4.69) is 15.4 Å². The van der Waals surface area contributed by atoms with Gasteiger partial charge < -0.3 is 14.5 Å². The Labute approximate surface area is 97.7 Å². The summed E-state index contributed by atoms with van der Waals surface area (Å²) < 4.78 is 11.0. The molecule has 1 aliphatic heterocycles. The Hall–Kier alpha value is -2.21. The highest BCUT2D eigenvalue weighted by Crippen LogP contribution is 2.34. The highest BCUT2D eigenvalue weighted by Gasteiger charge is 2.13. The fourth-order valence-corrected chi connectivity index (χ4v) is 1.75. The molecule has 1 aliphatic rings. The second-order valence-corrected chi connectivity index (χ2v) is 3.65. The number of hydrogen-bond donors (Lipinski definition) is 3. The SMILES string of the molecule is NNc1ncc(-c2ccc3c(c2)OCCO3)[nH]1. The number of ether oxygens (including phenoxy) is 2. The molecule has 6 nitrogen and oxygen atoms in total. The number of imidazole rings is 1. The van der Waals surface area contributed by atoms with Gasteiger partial charge in [-0.1, -0.05) is 0 Å². The predicted molar refractivity (Wildman–Crippen MR) is 62.8 cm³/mol. The van der Waals surface area contributed by atoms with Crippen molar-refractivity contribution < 1.29 is 9.47 Å². The molecule has 0 fully saturated rings. The Morgan fingerprint density at radius 2 is 2.06 bits per heavy atom. The van der Waals surface area contributed by atoms with Gasteiger partial charge in [0.2, 0.25) is 5.95 Å². The number of rotatable bonds is 2. The quantitative estimate of drug-likeness (QED) is 0.534. The summed E-state index contributed by atoms with van der Waals surface area (Å²) in [5.74, 6) is 7.32. The summed E-state index contributed by atoms with van der Waals surface area (Å²) in [7, 11) is 0. The van der Waals surface area contributed by atoms with Crippen molar-refractivity contribution in [3.63, 3.8) is 0 Å². The lowest BCUT2D eigenvalue weighted by atomic mass is 10.1. The molecule has 1 aromatic carbocycles. The number of nitrogens with zero attached hydrogens (tertiary/aromatic N) is 1. The summed E-state index contributed by atoms with van der Waals surface area (Å²) in [5.41, 5.74) is 4.30. The molecule has 3 rings (SSSR count). The lowest BCUT2D eigenvalue weighted by Gasteiger charge is -2.18. The predicted octanol–water partition coefficient (Wildman–Crippen LogP) is 1.13. The first-order chi connectivity index (χ1) is 8.36. The van der Waals surface area contributed by atoms with Gasteiger partial charge in [-0.3, -0.25) is 5.43 Å². The summed E-state index contributed by atoms with van der Waals surface area (Å²) in [5, 5.41) is 0. The van der Waals surface area contributed by atoms with Crippen molar-refractivity contribution in [3.05, 3.63) is 24.4 Å². The van der Waals surface area contributed by atoms with Crippen LogP contribution in [0.25, 0.3) is 11.3 Å². The maximum atomic E-state index is 5.52. The standard InChI is InChI=1S/C11H12N4O2/c12-15-11-13-6-8(14-11)7-1-2-9-10(5-7)17-4-3-16-9/h1-2,5-6H,3-4,12H2,(H2,13,14,15). The first-order valence-corrected chi connectivity index (χ1v) is 5.28. The van der Waals surface area contributed by atoms with Crippen LogP contribution >= 0.6 is 0 Å². The largest absolute Gasteiger partial charge is 0.486 e. The molecule has 17 heavy (non-hydrogen) atoms. The van der Waals surface area contributed by atoms with Crippen LogP contribution in [-0.2, 0) is 0 Å². The van der Waals surface area contributed by atoms with E-state index < -0.39 is 0 Å². The van der Waals surface area contributed by atoms with Gasteiger partial charge in [0.25, 0.3) is 0 Å². The molecule has 2 aromatic rings. The van der Waals surface area contributed by atoms with Crippen molar-refractivity contribution in [1.29, 1.82) is 0 Å². The molecule has 0 unspecified atom stereocenters. The molecule has 0 atom stereocenters. The van der Waals surface area contributed by atoms with Crippen LogP contribution in [0.4, 0.5) is 5.95 Å². The van der Waals surface area contributed by atoms with Gasteiger partial charge in [-0.25, -0.2) is 10.8 Å². The molecule has 2 heterocycles. The number of anilines is 1. The monoisotopic (exact) mass is 232 g/mol. The van der Waals surface area contributed by atoms with Gasteiger partial charge in [-0.15, -0.1) is 0 Å². The van der Waals surface area contributed by atoms with Crippen LogP contribution in [0.15, 0.2) is 24.4 Å². The first kappa shape index (κ1) is 9.98. The van der Waals surface area contributed by atoms with Crippen LogP contribution in [0.2, 0.25) is 0 Å². The maximum Gasteiger partial charge on any atom is 0.215 e. The van der Waals surface area contributed by atoms with E-state index in [0.717, 1.165) is 22.8 Å². The normalized spacial score (nSPS) is 13.5. The molecule has 0 saturated heterocycles. The molecular weight excluding hydrogens is 220 g/mol. The van der Waals surface area contributed by atoms with E-state index in [0.29, 0.717) is 19.2 Å². The second-order valence-electron chi connectivity index (χ2n) is 3.65. The van der Waals surface area contributed by atoms with Gasteiger partial charge in [0.1, 0.15) is 13.2 Å². The Bertz CT molecular complexity index is 538. The van der Waals surface area contributed by atoms with Gasteiger partial charge in [0.05, 0.1) is 11.9 Å². The number of hydrogen-bond acceptors (Lipinski definition) is 5. The van der Waals surface area contributed by atoms with E-state index in [1.807, 2.05) is 18.2 Å². The van der Waals surface area contributed by atoms with Crippen molar-refractivity contribution in [1.82, 2.24) is 9.97 Å². The zero-order chi connectivity index (χ0) is 11.7. The van der Waals surface area contributed by atoms with Crippen LogP contribution in [0.5, 0.6) is 11.5 Å². The fourth-order valence-electron chi connectivity index (χ4n) is 1.75. The Morgan fingerprint density at radius 1 is 1.24 bits per heavy atom. The van der Waals surface area contributed by atoms with Crippen LogP contribution in [0.3, 0.4) is 0 Å². The van der Waals surface area contributed by atoms with E-state index in [1.54, 1.807) is 6.20 Å². The Morgan fingerprint density at radius 3 is 2.82 bits per heavy atom. The summed E-state index contributed by atoms with van der Waals surface area (Å²) in [4.78, 5) is 7.10. The minimum atomic E-state index is 0.523. The lowest BCUT2D eigenvalue weighted by molar-refractivity contribution is 0.171. The minimum absolute atomic E-state index is 0.523. The average molecular weight is 232 g/mol. The van der Waals surface area contributed by atoms with E-state index >= 15 is 0 Å². The van der Waals surface area contributed by atoms with Gasteiger partial charge in [-0.05, 0) is 18.2 Å². The van der Waals surface area contributed by atoms with Crippen LogP contribution in [0, 0.1) is 0 Å². The number of aromatic nitrogens is 2. The topological polar surface area (TPSA) is 85.2 Å². The van der Waals surface area contributed by atoms with Gasteiger partial charge in [-0.2, -0.15) is 0 Å². The molecule has 6 heteroatoms. The van der Waals surface area contributed by atoms with Crippen molar-refractivity contribution in [2.45, 2.75) is 0 Å². The third kappa shape index (κ3) is 1.78. The average Bonchev–Trinajstić information content (AvgIpc) is 2.87. The molecule has 0 spiro atoms. The fraction of sp³-hybridized carbons (Fsp3) is 0.182. The third-order valence-corrected chi connectivity index (χ3v) is 2.57. The molecule has 0 saturated carbocycles. The molecular formula is C11H12N4O2. The maximum absolute atomic E-state index is 5.52. The zero-order valence-electron chi connectivity index (χ0n) is 9.06. The Kier molecular flexibility index (Phi) is 2.34. The number of aromatic amines is 1. The highest BCUT2D eigenvalue weighted by molar-refractivity contribution is 5.64. The van der Waals surface area contributed by atoms with Gasteiger partial charge in [0.15, 0.2) is 11.5 Å². The van der Waals surface area contributed by atoms with E-state index in [9.17, 15) is 0 Å². The van der Waals surface area contributed by atoms with E-state index in [-0.39, 0.29) is 0 Å². The molecule has 0 radical (unpaired) electrons. The van der Waals surface area contributed by atoms with Crippen LogP contribution in [-0.4, -0.2) is 23.2 Å². The molecule has 88 valence electrons. The first-order valence-electron chi connectivity index (χ1n) is 5.28. The number of H-pyrrole nitrogens is 1. The van der Waals surface area contributed by atoms with Crippen molar-refractivity contribution in [2.24, 2.45) is 5.84 Å². The Balaban J connectivity index is 1.97. The van der Waals surface area contributed by atoms with Crippen molar-refractivity contribution >= 4 is 5.95 Å². The molecule has 0 bridgehead atoms. The summed E-state index contributed by atoms with van der Waals surface area (Å²) in [6, 6.07) is 5.75. The number of fused-ring (bicyclic) bond motifs is 1. The zero-order valence-corrected chi connectivity index (χ0v) is 9.06. The van der Waals surface area contributed by atoms with E-state index in [4.69, 9.17) is 15.3 Å².